The van der Waals surface area contributed by atoms with E-state index in [0.29, 0.717) is 13.2 Å². The van der Waals surface area contributed by atoms with E-state index < -0.39 is 0 Å². The molecule has 0 aliphatic carbocycles. The molecule has 0 saturated heterocycles. The molecule has 0 fully saturated rings. The molecule has 0 bridgehead atoms. The molecule has 0 aliphatic heterocycles. The van der Waals surface area contributed by atoms with Crippen molar-refractivity contribution in [1.29, 1.82) is 0 Å². The number of aryl methyl sites for hydroxylation is 2. The van der Waals surface area contributed by atoms with E-state index in [1.165, 1.54) is 21.6 Å². The zero-order valence-corrected chi connectivity index (χ0v) is 12.6. The van der Waals surface area contributed by atoms with Crippen LogP contribution < -0.4 is 10.5 Å². The molecular formula is C16H21NOS. The van der Waals surface area contributed by atoms with Gasteiger partial charge >= 0.3 is 0 Å². The van der Waals surface area contributed by atoms with E-state index in [1.807, 2.05) is 6.92 Å². The van der Waals surface area contributed by atoms with E-state index >= 15 is 0 Å². The maximum absolute atomic E-state index is 6.00. The number of hydrogen-bond donors (Lipinski definition) is 1. The second kappa shape index (κ2) is 6.22. The van der Waals surface area contributed by atoms with E-state index in [0.717, 1.165) is 5.75 Å². The molecule has 0 aliphatic rings. The number of hydrogen-bond acceptors (Lipinski definition) is 3. The van der Waals surface area contributed by atoms with Crippen molar-refractivity contribution in [3.8, 4) is 5.75 Å². The van der Waals surface area contributed by atoms with Crippen molar-refractivity contribution in [3.63, 3.8) is 0 Å². The number of rotatable bonds is 5. The Balaban J connectivity index is 2.49. The highest BCUT2D eigenvalue weighted by Gasteiger charge is 2.19. The van der Waals surface area contributed by atoms with Crippen LogP contribution in [-0.4, -0.2) is 13.2 Å². The molecule has 0 radical (unpaired) electrons. The zero-order chi connectivity index (χ0) is 13.8. The second-order valence-electron chi connectivity index (χ2n) is 4.71. The predicted molar refractivity (Wildman–Crippen MR) is 82.3 cm³/mol. The summed E-state index contributed by atoms with van der Waals surface area (Å²) in [5, 5.41) is 2.10. The quantitative estimate of drug-likeness (QED) is 0.899. The lowest BCUT2D eigenvalue weighted by atomic mass is 9.93. The lowest BCUT2D eigenvalue weighted by Crippen LogP contribution is -2.14. The Hall–Kier alpha value is -1.32. The summed E-state index contributed by atoms with van der Waals surface area (Å²) in [6, 6.07) is 8.57. The van der Waals surface area contributed by atoms with Crippen molar-refractivity contribution in [2.24, 2.45) is 5.73 Å². The van der Waals surface area contributed by atoms with Gasteiger partial charge in [-0.25, -0.2) is 0 Å². The molecule has 1 aromatic carbocycles. The van der Waals surface area contributed by atoms with Crippen LogP contribution in [0.15, 0.2) is 29.6 Å². The smallest absolute Gasteiger partial charge is 0.123 e. The van der Waals surface area contributed by atoms with Crippen LogP contribution in [0.5, 0.6) is 5.75 Å². The topological polar surface area (TPSA) is 35.2 Å². The van der Waals surface area contributed by atoms with Crippen LogP contribution in [-0.2, 0) is 0 Å². The van der Waals surface area contributed by atoms with E-state index in [9.17, 15) is 0 Å². The van der Waals surface area contributed by atoms with Crippen molar-refractivity contribution < 1.29 is 4.74 Å². The Morgan fingerprint density at radius 3 is 2.58 bits per heavy atom. The van der Waals surface area contributed by atoms with E-state index in [-0.39, 0.29) is 5.92 Å². The highest BCUT2D eigenvalue weighted by Crippen LogP contribution is 2.35. The molecule has 102 valence electrons. The van der Waals surface area contributed by atoms with Crippen LogP contribution in [0.2, 0.25) is 0 Å². The largest absolute Gasteiger partial charge is 0.494 e. The van der Waals surface area contributed by atoms with Crippen LogP contribution in [0.1, 0.15) is 34.4 Å². The molecule has 0 spiro atoms. The third-order valence-corrected chi connectivity index (χ3v) is 4.41. The van der Waals surface area contributed by atoms with Crippen LogP contribution in [0.3, 0.4) is 0 Å². The molecule has 2 N–H and O–H groups in total. The standard InChI is InChI=1S/C16H21NOS/c1-4-18-15-9-12(3)11(2)8-13(15)14(10-17)16-6-5-7-19-16/h5-9,14H,4,10,17H2,1-3H3. The van der Waals surface area contributed by atoms with E-state index in [4.69, 9.17) is 10.5 Å². The number of benzene rings is 1. The molecule has 2 nitrogen and oxygen atoms in total. The molecular weight excluding hydrogens is 254 g/mol. The molecule has 2 aromatic rings. The summed E-state index contributed by atoms with van der Waals surface area (Å²) in [5.74, 6) is 1.19. The van der Waals surface area contributed by atoms with Gasteiger partial charge in [-0.1, -0.05) is 12.1 Å². The maximum Gasteiger partial charge on any atom is 0.123 e. The fourth-order valence-electron chi connectivity index (χ4n) is 2.25. The average Bonchev–Trinajstić information content (AvgIpc) is 2.90. The zero-order valence-electron chi connectivity index (χ0n) is 11.8. The highest BCUT2D eigenvalue weighted by atomic mass is 32.1. The summed E-state index contributed by atoms with van der Waals surface area (Å²) in [4.78, 5) is 1.30. The average molecular weight is 275 g/mol. The normalized spacial score (nSPS) is 12.4. The second-order valence-corrected chi connectivity index (χ2v) is 5.69. The maximum atomic E-state index is 6.00. The fourth-order valence-corrected chi connectivity index (χ4v) is 3.11. The Labute approximate surface area is 119 Å². The van der Waals surface area contributed by atoms with Crippen molar-refractivity contribution in [2.45, 2.75) is 26.7 Å². The lowest BCUT2D eigenvalue weighted by molar-refractivity contribution is 0.335. The summed E-state index contributed by atoms with van der Waals surface area (Å²) in [6.07, 6.45) is 0. The van der Waals surface area contributed by atoms with Gasteiger partial charge in [-0.15, -0.1) is 11.3 Å². The van der Waals surface area contributed by atoms with Crippen molar-refractivity contribution in [1.82, 2.24) is 0 Å². The molecule has 19 heavy (non-hydrogen) atoms. The molecule has 1 aromatic heterocycles. The highest BCUT2D eigenvalue weighted by molar-refractivity contribution is 7.10. The van der Waals surface area contributed by atoms with E-state index in [1.54, 1.807) is 11.3 Å². The number of ether oxygens (including phenoxy) is 1. The first-order valence-electron chi connectivity index (χ1n) is 6.64. The first kappa shape index (κ1) is 14.1. The minimum absolute atomic E-state index is 0.223. The Morgan fingerprint density at radius 1 is 1.26 bits per heavy atom. The van der Waals surface area contributed by atoms with Crippen LogP contribution >= 0.6 is 11.3 Å². The van der Waals surface area contributed by atoms with Gasteiger partial charge < -0.3 is 10.5 Å². The van der Waals surface area contributed by atoms with Crippen LogP contribution in [0.25, 0.3) is 0 Å². The lowest BCUT2D eigenvalue weighted by Gasteiger charge is -2.19. The van der Waals surface area contributed by atoms with Gasteiger partial charge in [0.1, 0.15) is 5.75 Å². The minimum Gasteiger partial charge on any atom is -0.494 e. The summed E-state index contributed by atoms with van der Waals surface area (Å²) in [5.41, 5.74) is 9.75. The summed E-state index contributed by atoms with van der Waals surface area (Å²) in [6.45, 7) is 7.54. The first-order valence-corrected chi connectivity index (χ1v) is 7.52. The molecule has 1 atom stereocenters. The third kappa shape index (κ3) is 2.99. The monoisotopic (exact) mass is 275 g/mol. The Morgan fingerprint density at radius 2 is 2.00 bits per heavy atom. The number of nitrogens with two attached hydrogens (primary N) is 1. The number of thiophene rings is 1. The summed E-state index contributed by atoms with van der Waals surface area (Å²) in [7, 11) is 0. The molecule has 3 heteroatoms. The predicted octanol–water partition coefficient (Wildman–Crippen LogP) is 3.85. The van der Waals surface area contributed by atoms with Gasteiger partial charge in [0.25, 0.3) is 0 Å². The summed E-state index contributed by atoms with van der Waals surface area (Å²) < 4.78 is 5.80. The van der Waals surface area contributed by atoms with Crippen LogP contribution in [0.4, 0.5) is 0 Å². The van der Waals surface area contributed by atoms with Gasteiger partial charge in [-0.3, -0.25) is 0 Å². The third-order valence-electron chi connectivity index (χ3n) is 3.42. The van der Waals surface area contributed by atoms with Crippen molar-refractivity contribution in [3.05, 3.63) is 51.2 Å². The van der Waals surface area contributed by atoms with Gasteiger partial charge in [-0.05, 0) is 49.4 Å². The molecule has 0 amide bonds. The Bertz CT molecular complexity index is 534. The molecule has 0 saturated carbocycles. The van der Waals surface area contributed by atoms with Gasteiger partial charge in [0, 0.05) is 22.9 Å². The van der Waals surface area contributed by atoms with Crippen molar-refractivity contribution >= 4 is 11.3 Å². The SMILES string of the molecule is CCOc1cc(C)c(C)cc1C(CN)c1cccs1. The van der Waals surface area contributed by atoms with Crippen molar-refractivity contribution in [2.75, 3.05) is 13.2 Å². The molecule has 1 heterocycles. The van der Waals surface area contributed by atoms with Gasteiger partial charge in [0.2, 0.25) is 0 Å². The summed E-state index contributed by atoms with van der Waals surface area (Å²) >= 11 is 1.75. The fraction of sp³-hybridized carbons (Fsp3) is 0.375. The van der Waals surface area contributed by atoms with E-state index in [2.05, 4.69) is 43.5 Å². The first-order chi connectivity index (χ1) is 9.17. The molecule has 1 unspecified atom stereocenters. The van der Waals surface area contributed by atoms with Gasteiger partial charge in [0.05, 0.1) is 6.61 Å². The van der Waals surface area contributed by atoms with Crippen LogP contribution in [0, 0.1) is 13.8 Å². The van der Waals surface area contributed by atoms with Gasteiger partial charge in [0.15, 0.2) is 0 Å². The molecule has 2 rings (SSSR count). The van der Waals surface area contributed by atoms with Gasteiger partial charge in [-0.2, -0.15) is 0 Å². The Kier molecular flexibility index (Phi) is 4.61. The minimum atomic E-state index is 0.223.